The molecule has 0 spiro atoms. The molecular formula is C15H12ClN3O2. The van der Waals surface area contributed by atoms with Gasteiger partial charge in [0.1, 0.15) is 5.75 Å². The molecule has 21 heavy (non-hydrogen) atoms. The van der Waals surface area contributed by atoms with E-state index in [1.165, 1.54) is 0 Å². The van der Waals surface area contributed by atoms with Gasteiger partial charge in [-0.25, -0.2) is 0 Å². The SMILES string of the molecule is Nc1c(Cl)cccc1-c1nc(COc2ccccc2)no1. The van der Waals surface area contributed by atoms with E-state index in [0.717, 1.165) is 5.75 Å². The summed E-state index contributed by atoms with van der Waals surface area (Å²) in [6, 6.07) is 14.7. The first kappa shape index (κ1) is 13.5. The molecule has 0 aliphatic rings. The van der Waals surface area contributed by atoms with Crippen LogP contribution in [0.25, 0.3) is 11.5 Å². The molecule has 0 aliphatic heterocycles. The molecule has 0 aliphatic carbocycles. The zero-order valence-corrected chi connectivity index (χ0v) is 11.7. The molecule has 3 rings (SSSR count). The highest BCUT2D eigenvalue weighted by Crippen LogP contribution is 2.30. The van der Waals surface area contributed by atoms with Crippen molar-refractivity contribution in [3.63, 3.8) is 0 Å². The molecule has 0 saturated carbocycles. The summed E-state index contributed by atoms with van der Waals surface area (Å²) in [5, 5.41) is 4.32. The summed E-state index contributed by atoms with van der Waals surface area (Å²) in [6.45, 7) is 0.216. The zero-order chi connectivity index (χ0) is 14.7. The highest BCUT2D eigenvalue weighted by Gasteiger charge is 2.13. The van der Waals surface area contributed by atoms with E-state index in [9.17, 15) is 0 Å². The molecule has 3 aromatic rings. The van der Waals surface area contributed by atoms with Gasteiger partial charge in [0.2, 0.25) is 5.82 Å². The van der Waals surface area contributed by atoms with Crippen molar-refractivity contribution < 1.29 is 9.26 Å². The quantitative estimate of drug-likeness (QED) is 0.746. The topological polar surface area (TPSA) is 74.2 Å². The molecule has 5 nitrogen and oxygen atoms in total. The van der Waals surface area contributed by atoms with Crippen molar-refractivity contribution in [2.75, 3.05) is 5.73 Å². The number of nitrogen functional groups attached to an aromatic ring is 1. The summed E-state index contributed by atoms with van der Waals surface area (Å²) in [5.74, 6) is 1.50. The first-order valence-electron chi connectivity index (χ1n) is 6.29. The van der Waals surface area contributed by atoms with Crippen molar-refractivity contribution >= 4 is 17.3 Å². The predicted molar refractivity (Wildman–Crippen MR) is 79.9 cm³/mol. The minimum Gasteiger partial charge on any atom is -0.485 e. The Morgan fingerprint density at radius 2 is 1.90 bits per heavy atom. The normalized spacial score (nSPS) is 10.5. The van der Waals surface area contributed by atoms with E-state index in [1.807, 2.05) is 30.3 Å². The monoisotopic (exact) mass is 301 g/mol. The van der Waals surface area contributed by atoms with Gasteiger partial charge in [-0.3, -0.25) is 0 Å². The van der Waals surface area contributed by atoms with Crippen LogP contribution in [-0.2, 0) is 6.61 Å². The number of anilines is 1. The number of halogens is 1. The van der Waals surface area contributed by atoms with E-state index < -0.39 is 0 Å². The van der Waals surface area contributed by atoms with Gasteiger partial charge >= 0.3 is 0 Å². The van der Waals surface area contributed by atoms with Crippen LogP contribution in [0.15, 0.2) is 53.1 Å². The molecule has 0 amide bonds. The van der Waals surface area contributed by atoms with Crippen LogP contribution < -0.4 is 10.5 Å². The van der Waals surface area contributed by atoms with Crippen molar-refractivity contribution in [3.8, 4) is 17.2 Å². The molecule has 2 aromatic carbocycles. The fraction of sp³-hybridized carbons (Fsp3) is 0.0667. The Kier molecular flexibility index (Phi) is 3.75. The molecular weight excluding hydrogens is 290 g/mol. The molecule has 0 atom stereocenters. The third kappa shape index (κ3) is 2.98. The van der Waals surface area contributed by atoms with Crippen LogP contribution in [0.1, 0.15) is 5.82 Å². The minimum absolute atomic E-state index is 0.216. The average Bonchev–Trinajstić information content (AvgIpc) is 2.98. The van der Waals surface area contributed by atoms with E-state index in [0.29, 0.717) is 28.0 Å². The number of hydrogen-bond donors (Lipinski definition) is 1. The van der Waals surface area contributed by atoms with Gasteiger partial charge in [0, 0.05) is 0 Å². The lowest BCUT2D eigenvalue weighted by molar-refractivity contribution is 0.287. The highest BCUT2D eigenvalue weighted by atomic mass is 35.5. The van der Waals surface area contributed by atoms with Gasteiger partial charge in [0.25, 0.3) is 5.89 Å². The van der Waals surface area contributed by atoms with E-state index in [1.54, 1.807) is 18.2 Å². The molecule has 2 N–H and O–H groups in total. The van der Waals surface area contributed by atoms with Crippen molar-refractivity contribution in [1.29, 1.82) is 0 Å². The lowest BCUT2D eigenvalue weighted by Gasteiger charge is -2.02. The Hall–Kier alpha value is -2.53. The molecule has 1 aromatic heterocycles. The van der Waals surface area contributed by atoms with Gasteiger partial charge in [-0.05, 0) is 24.3 Å². The number of nitrogens with zero attached hydrogens (tertiary/aromatic N) is 2. The van der Waals surface area contributed by atoms with Crippen molar-refractivity contribution in [1.82, 2.24) is 10.1 Å². The number of rotatable bonds is 4. The Labute approximate surface area is 126 Å². The van der Waals surface area contributed by atoms with E-state index in [-0.39, 0.29) is 6.61 Å². The fourth-order valence-electron chi connectivity index (χ4n) is 1.81. The third-order valence-electron chi connectivity index (χ3n) is 2.86. The zero-order valence-electron chi connectivity index (χ0n) is 11.0. The van der Waals surface area contributed by atoms with E-state index >= 15 is 0 Å². The third-order valence-corrected chi connectivity index (χ3v) is 3.19. The smallest absolute Gasteiger partial charge is 0.260 e. The molecule has 106 valence electrons. The maximum absolute atomic E-state index is 5.97. The maximum atomic E-state index is 5.97. The second-order valence-corrected chi connectivity index (χ2v) is 4.73. The van der Waals surface area contributed by atoms with Crippen molar-refractivity contribution in [2.45, 2.75) is 6.61 Å². The maximum Gasteiger partial charge on any atom is 0.260 e. The molecule has 0 saturated heterocycles. The average molecular weight is 302 g/mol. The van der Waals surface area contributed by atoms with Crippen LogP contribution in [0.5, 0.6) is 5.75 Å². The summed E-state index contributed by atoms with van der Waals surface area (Å²) in [6.07, 6.45) is 0. The van der Waals surface area contributed by atoms with Crippen molar-refractivity contribution in [2.24, 2.45) is 0 Å². The second-order valence-electron chi connectivity index (χ2n) is 4.32. The van der Waals surface area contributed by atoms with Gasteiger partial charge in [0.05, 0.1) is 16.3 Å². The van der Waals surface area contributed by atoms with Crippen LogP contribution in [0.2, 0.25) is 5.02 Å². The van der Waals surface area contributed by atoms with E-state index in [4.69, 9.17) is 26.6 Å². The van der Waals surface area contributed by atoms with Crippen LogP contribution in [0, 0.1) is 0 Å². The number of aromatic nitrogens is 2. The molecule has 0 fully saturated rings. The first-order valence-corrected chi connectivity index (χ1v) is 6.66. The summed E-state index contributed by atoms with van der Waals surface area (Å²) < 4.78 is 10.7. The Morgan fingerprint density at radius 3 is 2.71 bits per heavy atom. The highest BCUT2D eigenvalue weighted by molar-refractivity contribution is 6.33. The predicted octanol–water partition coefficient (Wildman–Crippen LogP) is 3.55. The summed E-state index contributed by atoms with van der Waals surface area (Å²) in [4.78, 5) is 4.26. The Balaban J connectivity index is 1.76. The number of ether oxygens (including phenoxy) is 1. The van der Waals surface area contributed by atoms with Gasteiger partial charge in [0.15, 0.2) is 6.61 Å². The van der Waals surface area contributed by atoms with Crippen LogP contribution in [0.4, 0.5) is 5.69 Å². The Bertz CT molecular complexity index is 744. The van der Waals surface area contributed by atoms with Crippen LogP contribution >= 0.6 is 11.6 Å². The molecule has 0 radical (unpaired) electrons. The lowest BCUT2D eigenvalue weighted by atomic mass is 10.2. The molecule has 0 bridgehead atoms. The number of para-hydroxylation sites is 2. The second kappa shape index (κ2) is 5.85. The van der Waals surface area contributed by atoms with Gasteiger partial charge < -0.3 is 15.0 Å². The van der Waals surface area contributed by atoms with Gasteiger partial charge in [-0.2, -0.15) is 4.98 Å². The standard InChI is InChI=1S/C15H12ClN3O2/c16-12-8-4-7-11(14(12)17)15-18-13(19-21-15)9-20-10-5-2-1-3-6-10/h1-8H,9,17H2. The van der Waals surface area contributed by atoms with Crippen LogP contribution in [0.3, 0.4) is 0 Å². The molecule has 6 heteroatoms. The first-order chi connectivity index (χ1) is 10.2. The molecule has 0 unspecified atom stereocenters. The largest absolute Gasteiger partial charge is 0.485 e. The summed E-state index contributed by atoms with van der Waals surface area (Å²) >= 11 is 5.97. The van der Waals surface area contributed by atoms with Crippen LogP contribution in [-0.4, -0.2) is 10.1 Å². The minimum atomic E-state index is 0.216. The van der Waals surface area contributed by atoms with Crippen molar-refractivity contribution in [3.05, 3.63) is 59.4 Å². The van der Waals surface area contributed by atoms with Gasteiger partial charge in [-0.1, -0.05) is 41.0 Å². The Morgan fingerprint density at radius 1 is 1.10 bits per heavy atom. The lowest BCUT2D eigenvalue weighted by Crippen LogP contribution is -1.97. The number of nitrogens with two attached hydrogens (primary N) is 1. The number of benzene rings is 2. The van der Waals surface area contributed by atoms with Gasteiger partial charge in [-0.15, -0.1) is 0 Å². The fourth-order valence-corrected chi connectivity index (χ4v) is 1.98. The number of hydrogen-bond acceptors (Lipinski definition) is 5. The summed E-state index contributed by atoms with van der Waals surface area (Å²) in [5.41, 5.74) is 6.93. The summed E-state index contributed by atoms with van der Waals surface area (Å²) in [7, 11) is 0. The molecule has 1 heterocycles. The van der Waals surface area contributed by atoms with E-state index in [2.05, 4.69) is 10.1 Å².